The minimum Gasteiger partial charge on any atom is -0.318 e. The zero-order valence-electron chi connectivity index (χ0n) is 13.3. The quantitative estimate of drug-likeness (QED) is 0.534. The topological polar surface area (TPSA) is 43.1 Å². The van der Waals surface area contributed by atoms with Gasteiger partial charge in [0.2, 0.25) is 0 Å². The standard InChI is InChI=1S/C20H16N4/c1-24-14-21-17-12-13-18(23-20(17)24)22-19(15-8-4-2-5-9-15)16-10-6-3-7-11-16/h2-14H,1H3. The van der Waals surface area contributed by atoms with Crippen molar-refractivity contribution in [1.29, 1.82) is 0 Å². The monoisotopic (exact) mass is 312 g/mol. The maximum Gasteiger partial charge on any atom is 0.162 e. The van der Waals surface area contributed by atoms with E-state index < -0.39 is 0 Å². The molecule has 2 aromatic carbocycles. The van der Waals surface area contributed by atoms with Crippen LogP contribution in [-0.2, 0) is 7.05 Å². The van der Waals surface area contributed by atoms with Gasteiger partial charge >= 0.3 is 0 Å². The molecule has 4 aromatic rings. The minimum absolute atomic E-state index is 0.675. The van der Waals surface area contributed by atoms with E-state index in [9.17, 15) is 0 Å². The summed E-state index contributed by atoms with van der Waals surface area (Å²) in [5.41, 5.74) is 4.74. The van der Waals surface area contributed by atoms with Crippen LogP contribution in [0.1, 0.15) is 11.1 Å². The smallest absolute Gasteiger partial charge is 0.162 e. The number of benzene rings is 2. The molecule has 0 aliphatic carbocycles. The second-order valence-corrected chi connectivity index (χ2v) is 5.56. The predicted molar refractivity (Wildman–Crippen MR) is 96.7 cm³/mol. The van der Waals surface area contributed by atoms with Crippen molar-refractivity contribution in [3.05, 3.63) is 90.3 Å². The molecule has 0 saturated heterocycles. The molecule has 4 rings (SSSR count). The number of hydrogen-bond donors (Lipinski definition) is 0. The molecule has 2 aromatic heterocycles. The summed E-state index contributed by atoms with van der Waals surface area (Å²) in [4.78, 5) is 13.8. The first-order valence-corrected chi connectivity index (χ1v) is 7.79. The van der Waals surface area contributed by atoms with E-state index in [1.165, 1.54) is 0 Å². The molecule has 4 nitrogen and oxygen atoms in total. The summed E-state index contributed by atoms with van der Waals surface area (Å²) in [6.45, 7) is 0. The van der Waals surface area contributed by atoms with E-state index in [1.807, 2.05) is 60.1 Å². The van der Waals surface area contributed by atoms with Gasteiger partial charge < -0.3 is 4.57 Å². The minimum atomic E-state index is 0.675. The molecule has 0 aliphatic rings. The van der Waals surface area contributed by atoms with Gasteiger partial charge in [-0.3, -0.25) is 0 Å². The Kier molecular flexibility index (Phi) is 3.63. The fourth-order valence-electron chi connectivity index (χ4n) is 2.66. The summed E-state index contributed by atoms with van der Waals surface area (Å²) >= 11 is 0. The molecular weight excluding hydrogens is 296 g/mol. The number of pyridine rings is 1. The van der Waals surface area contributed by atoms with Crippen LogP contribution in [0.5, 0.6) is 0 Å². The summed E-state index contributed by atoms with van der Waals surface area (Å²) < 4.78 is 1.90. The van der Waals surface area contributed by atoms with Crippen LogP contribution in [0.25, 0.3) is 11.2 Å². The Bertz CT molecular complexity index is 960. The average molecular weight is 312 g/mol. The first-order valence-electron chi connectivity index (χ1n) is 7.79. The third-order valence-electron chi connectivity index (χ3n) is 3.86. The lowest BCUT2D eigenvalue weighted by atomic mass is 10.0. The van der Waals surface area contributed by atoms with Crippen molar-refractivity contribution >= 4 is 22.7 Å². The predicted octanol–water partition coefficient (Wildman–Crippen LogP) is 4.14. The van der Waals surface area contributed by atoms with Crippen molar-refractivity contribution in [1.82, 2.24) is 14.5 Å². The zero-order valence-corrected chi connectivity index (χ0v) is 13.3. The largest absolute Gasteiger partial charge is 0.318 e. The summed E-state index contributed by atoms with van der Waals surface area (Å²) in [5, 5.41) is 0. The number of aromatic nitrogens is 3. The van der Waals surface area contributed by atoms with Crippen LogP contribution in [0.3, 0.4) is 0 Å². The maximum absolute atomic E-state index is 4.83. The molecule has 4 heteroatoms. The van der Waals surface area contributed by atoms with Gasteiger partial charge in [0, 0.05) is 18.2 Å². The van der Waals surface area contributed by atoms with Gasteiger partial charge in [-0.05, 0) is 12.1 Å². The number of aryl methyl sites for hydroxylation is 1. The summed E-state index contributed by atoms with van der Waals surface area (Å²) in [6.07, 6.45) is 1.76. The van der Waals surface area contributed by atoms with Crippen LogP contribution in [-0.4, -0.2) is 20.2 Å². The van der Waals surface area contributed by atoms with Gasteiger partial charge in [0.15, 0.2) is 11.5 Å². The van der Waals surface area contributed by atoms with Crippen LogP contribution in [0, 0.1) is 0 Å². The molecule has 0 atom stereocenters. The molecule has 0 spiro atoms. The summed E-state index contributed by atoms with van der Waals surface area (Å²) in [5.74, 6) is 0.675. The van der Waals surface area contributed by atoms with Crippen LogP contribution < -0.4 is 0 Å². The molecule has 0 amide bonds. The van der Waals surface area contributed by atoms with E-state index >= 15 is 0 Å². The second-order valence-electron chi connectivity index (χ2n) is 5.56. The lowest BCUT2D eigenvalue weighted by Gasteiger charge is -2.07. The van der Waals surface area contributed by atoms with E-state index in [1.54, 1.807) is 6.33 Å². The zero-order chi connectivity index (χ0) is 16.4. The first kappa shape index (κ1) is 14.3. The number of imidazole rings is 1. The van der Waals surface area contributed by atoms with Gasteiger partial charge in [0.05, 0.1) is 12.0 Å². The summed E-state index contributed by atoms with van der Waals surface area (Å²) in [6, 6.07) is 24.2. The Morgan fingerprint density at radius 3 is 2.08 bits per heavy atom. The number of rotatable bonds is 3. The molecule has 0 aliphatic heterocycles. The second kappa shape index (κ2) is 6.08. The first-order chi connectivity index (χ1) is 11.8. The molecule has 0 radical (unpaired) electrons. The van der Waals surface area contributed by atoms with Gasteiger partial charge in [-0.15, -0.1) is 0 Å². The van der Waals surface area contributed by atoms with E-state index in [4.69, 9.17) is 4.99 Å². The third kappa shape index (κ3) is 2.70. The highest BCUT2D eigenvalue weighted by molar-refractivity contribution is 6.13. The van der Waals surface area contributed by atoms with Crippen molar-refractivity contribution in [3.63, 3.8) is 0 Å². The van der Waals surface area contributed by atoms with Crippen molar-refractivity contribution in [2.75, 3.05) is 0 Å². The van der Waals surface area contributed by atoms with Crippen molar-refractivity contribution < 1.29 is 0 Å². The summed E-state index contributed by atoms with van der Waals surface area (Å²) in [7, 11) is 1.94. The Balaban J connectivity index is 1.88. The molecular formula is C20H16N4. The van der Waals surface area contributed by atoms with Gasteiger partial charge in [-0.2, -0.15) is 0 Å². The molecule has 0 bridgehead atoms. The Morgan fingerprint density at radius 1 is 0.833 bits per heavy atom. The molecule has 2 heterocycles. The van der Waals surface area contributed by atoms with Gasteiger partial charge in [-0.1, -0.05) is 60.7 Å². The molecule has 0 N–H and O–H groups in total. The van der Waals surface area contributed by atoms with E-state index in [-0.39, 0.29) is 0 Å². The number of fused-ring (bicyclic) bond motifs is 1. The fraction of sp³-hybridized carbons (Fsp3) is 0.0500. The SMILES string of the molecule is Cn1cnc2ccc(N=C(c3ccccc3)c3ccccc3)nc21. The Labute approximate surface area is 140 Å². The van der Waals surface area contributed by atoms with Gasteiger partial charge in [-0.25, -0.2) is 15.0 Å². The van der Waals surface area contributed by atoms with E-state index in [2.05, 4.69) is 34.2 Å². The van der Waals surface area contributed by atoms with E-state index in [0.29, 0.717) is 5.82 Å². The average Bonchev–Trinajstić information content (AvgIpc) is 3.02. The lowest BCUT2D eigenvalue weighted by Crippen LogP contribution is -2.03. The molecule has 116 valence electrons. The molecule has 24 heavy (non-hydrogen) atoms. The van der Waals surface area contributed by atoms with Crippen LogP contribution >= 0.6 is 0 Å². The highest BCUT2D eigenvalue weighted by atomic mass is 15.1. The highest BCUT2D eigenvalue weighted by Crippen LogP contribution is 2.19. The van der Waals surface area contributed by atoms with Gasteiger partial charge in [0.25, 0.3) is 0 Å². The normalized spacial score (nSPS) is 10.7. The van der Waals surface area contributed by atoms with Crippen LogP contribution in [0.2, 0.25) is 0 Å². The van der Waals surface area contributed by atoms with Crippen LogP contribution in [0.15, 0.2) is 84.1 Å². The van der Waals surface area contributed by atoms with Crippen LogP contribution in [0.4, 0.5) is 5.82 Å². The maximum atomic E-state index is 4.83. The van der Waals surface area contributed by atoms with E-state index in [0.717, 1.165) is 28.0 Å². The Morgan fingerprint density at radius 2 is 1.46 bits per heavy atom. The molecule has 0 unspecified atom stereocenters. The molecule has 0 fully saturated rings. The van der Waals surface area contributed by atoms with Gasteiger partial charge in [0.1, 0.15) is 5.52 Å². The number of nitrogens with zero attached hydrogens (tertiary/aromatic N) is 4. The molecule has 0 saturated carbocycles. The number of aliphatic imine (C=N–C) groups is 1. The lowest BCUT2D eigenvalue weighted by molar-refractivity contribution is 0.931. The Hall–Kier alpha value is -3.27. The number of hydrogen-bond acceptors (Lipinski definition) is 3. The third-order valence-corrected chi connectivity index (χ3v) is 3.86. The van der Waals surface area contributed by atoms with Crippen molar-refractivity contribution in [2.24, 2.45) is 12.0 Å². The van der Waals surface area contributed by atoms with Crippen molar-refractivity contribution in [2.45, 2.75) is 0 Å². The van der Waals surface area contributed by atoms with Crippen molar-refractivity contribution in [3.8, 4) is 0 Å². The highest BCUT2D eigenvalue weighted by Gasteiger charge is 2.08. The fourth-order valence-corrected chi connectivity index (χ4v) is 2.66.